The SMILES string of the molecule is CC[C@@H]1c2nncn2-c2cnc(NC(=O)OC)nc2N1C1CCCC1. The smallest absolute Gasteiger partial charge is 0.413 e. The van der Waals surface area contributed by atoms with Crippen molar-refractivity contribution >= 4 is 17.9 Å². The van der Waals surface area contributed by atoms with E-state index >= 15 is 0 Å². The van der Waals surface area contributed by atoms with Crippen LogP contribution in [0.1, 0.15) is 50.9 Å². The Morgan fingerprint density at radius 2 is 2.20 bits per heavy atom. The first kappa shape index (κ1) is 15.8. The van der Waals surface area contributed by atoms with Crippen LogP contribution in [0, 0.1) is 0 Å². The average Bonchev–Trinajstić information content (AvgIpc) is 3.31. The summed E-state index contributed by atoms with van der Waals surface area (Å²) in [5, 5.41) is 11.0. The van der Waals surface area contributed by atoms with Gasteiger partial charge in [-0.25, -0.2) is 9.78 Å². The molecule has 2 aromatic heterocycles. The van der Waals surface area contributed by atoms with Gasteiger partial charge in [-0.1, -0.05) is 19.8 Å². The number of nitrogens with zero attached hydrogens (tertiary/aromatic N) is 6. The molecule has 0 radical (unpaired) electrons. The van der Waals surface area contributed by atoms with E-state index in [4.69, 9.17) is 0 Å². The van der Waals surface area contributed by atoms with Gasteiger partial charge in [0, 0.05) is 6.04 Å². The van der Waals surface area contributed by atoms with E-state index in [1.807, 2.05) is 4.57 Å². The van der Waals surface area contributed by atoms with E-state index in [-0.39, 0.29) is 12.0 Å². The number of carbonyl (C=O) groups excluding carboxylic acids is 1. The number of hydrogen-bond donors (Lipinski definition) is 1. The highest BCUT2D eigenvalue weighted by molar-refractivity contribution is 5.82. The molecule has 1 N–H and O–H groups in total. The maximum atomic E-state index is 11.5. The minimum Gasteiger partial charge on any atom is -0.453 e. The molecule has 1 saturated carbocycles. The molecule has 0 bridgehead atoms. The van der Waals surface area contributed by atoms with Crippen molar-refractivity contribution in [1.29, 1.82) is 0 Å². The highest BCUT2D eigenvalue weighted by atomic mass is 16.5. The monoisotopic (exact) mass is 343 g/mol. The van der Waals surface area contributed by atoms with Gasteiger partial charge in [-0.2, -0.15) is 4.98 Å². The lowest BCUT2D eigenvalue weighted by molar-refractivity contribution is 0.186. The molecule has 1 fully saturated rings. The third kappa shape index (κ3) is 2.59. The summed E-state index contributed by atoms with van der Waals surface area (Å²) in [5.41, 5.74) is 0.840. The number of rotatable bonds is 3. The van der Waals surface area contributed by atoms with Gasteiger partial charge >= 0.3 is 6.09 Å². The van der Waals surface area contributed by atoms with Crippen LogP contribution in [-0.4, -0.2) is 44.0 Å². The first-order valence-electron chi connectivity index (χ1n) is 8.63. The number of anilines is 2. The van der Waals surface area contributed by atoms with Crippen LogP contribution in [0.2, 0.25) is 0 Å². The summed E-state index contributed by atoms with van der Waals surface area (Å²) < 4.78 is 6.58. The predicted molar refractivity (Wildman–Crippen MR) is 90.7 cm³/mol. The maximum absolute atomic E-state index is 11.5. The molecule has 3 heterocycles. The van der Waals surface area contributed by atoms with E-state index in [0.717, 1.165) is 36.6 Å². The average molecular weight is 343 g/mol. The lowest BCUT2D eigenvalue weighted by Crippen LogP contribution is -2.42. The standard InChI is InChI=1S/C16H21N7O2/c1-3-11-14-21-18-9-22(14)12-8-17-15(20-16(24)25-2)19-13(12)23(11)10-6-4-5-7-10/h8-11H,3-7H2,1-2H3,(H,17,19,20,24)/t11-/m1/s1. The first-order chi connectivity index (χ1) is 12.2. The summed E-state index contributed by atoms with van der Waals surface area (Å²) >= 11 is 0. The number of fused-ring (bicyclic) bond motifs is 3. The van der Waals surface area contributed by atoms with Crippen molar-refractivity contribution in [2.24, 2.45) is 0 Å². The van der Waals surface area contributed by atoms with Crippen LogP contribution in [0.3, 0.4) is 0 Å². The summed E-state index contributed by atoms with van der Waals surface area (Å²) in [7, 11) is 1.31. The zero-order valence-electron chi connectivity index (χ0n) is 14.3. The minimum absolute atomic E-state index is 0.110. The Bertz CT molecular complexity index is 785. The Hall–Kier alpha value is -2.71. The number of nitrogens with one attached hydrogen (secondary N) is 1. The molecule has 1 aliphatic carbocycles. The van der Waals surface area contributed by atoms with Gasteiger partial charge in [0.05, 0.1) is 19.3 Å². The van der Waals surface area contributed by atoms with Gasteiger partial charge in [-0.3, -0.25) is 9.88 Å². The van der Waals surface area contributed by atoms with Crippen molar-refractivity contribution < 1.29 is 9.53 Å². The molecule has 0 spiro atoms. The van der Waals surface area contributed by atoms with Gasteiger partial charge in [0.25, 0.3) is 0 Å². The summed E-state index contributed by atoms with van der Waals surface area (Å²) in [6, 6.07) is 0.522. The molecule has 2 aromatic rings. The van der Waals surface area contributed by atoms with Crippen molar-refractivity contribution in [2.45, 2.75) is 51.1 Å². The lowest BCUT2D eigenvalue weighted by Gasteiger charge is -2.40. The lowest BCUT2D eigenvalue weighted by atomic mass is 10.0. The summed E-state index contributed by atoms with van der Waals surface area (Å²) in [5.74, 6) is 1.96. The quantitative estimate of drug-likeness (QED) is 0.914. The first-order valence-corrected chi connectivity index (χ1v) is 8.63. The van der Waals surface area contributed by atoms with Gasteiger partial charge in [-0.05, 0) is 19.3 Å². The van der Waals surface area contributed by atoms with Crippen molar-refractivity contribution in [3.8, 4) is 5.69 Å². The third-order valence-corrected chi connectivity index (χ3v) is 4.97. The van der Waals surface area contributed by atoms with Crippen LogP contribution in [0.25, 0.3) is 5.69 Å². The molecule has 2 aliphatic rings. The summed E-state index contributed by atoms with van der Waals surface area (Å²) in [6.07, 6.45) is 8.42. The van der Waals surface area contributed by atoms with Crippen molar-refractivity contribution in [3.63, 3.8) is 0 Å². The number of methoxy groups -OCH3 is 1. The van der Waals surface area contributed by atoms with Gasteiger partial charge < -0.3 is 9.64 Å². The largest absolute Gasteiger partial charge is 0.453 e. The number of aromatic nitrogens is 5. The summed E-state index contributed by atoms with van der Waals surface area (Å²) in [6.45, 7) is 2.14. The molecule has 1 amide bonds. The third-order valence-electron chi connectivity index (χ3n) is 4.97. The highest BCUT2D eigenvalue weighted by Gasteiger charge is 2.38. The van der Waals surface area contributed by atoms with E-state index in [9.17, 15) is 4.79 Å². The maximum Gasteiger partial charge on any atom is 0.413 e. The minimum atomic E-state index is -0.583. The molecule has 0 saturated heterocycles. The van der Waals surface area contributed by atoms with Gasteiger partial charge in [0.1, 0.15) is 12.0 Å². The van der Waals surface area contributed by atoms with Gasteiger partial charge in [-0.15, -0.1) is 10.2 Å². The van der Waals surface area contributed by atoms with E-state index in [1.54, 1.807) is 12.5 Å². The second-order valence-electron chi connectivity index (χ2n) is 6.35. The molecule has 0 unspecified atom stereocenters. The molecular weight excluding hydrogens is 322 g/mol. The Morgan fingerprint density at radius 1 is 1.40 bits per heavy atom. The zero-order chi connectivity index (χ0) is 17.4. The van der Waals surface area contributed by atoms with Crippen molar-refractivity contribution in [1.82, 2.24) is 24.7 Å². The Balaban J connectivity index is 1.82. The van der Waals surface area contributed by atoms with Crippen LogP contribution in [0.5, 0.6) is 0 Å². The topological polar surface area (TPSA) is 98.1 Å². The Kier molecular flexibility index (Phi) is 3.98. The molecule has 1 atom stereocenters. The van der Waals surface area contributed by atoms with E-state index in [0.29, 0.717) is 6.04 Å². The van der Waals surface area contributed by atoms with E-state index < -0.39 is 6.09 Å². The summed E-state index contributed by atoms with van der Waals surface area (Å²) in [4.78, 5) is 22.7. The Morgan fingerprint density at radius 3 is 2.92 bits per heavy atom. The van der Waals surface area contributed by atoms with Crippen LogP contribution in [0.15, 0.2) is 12.5 Å². The number of amides is 1. The molecule has 9 nitrogen and oxygen atoms in total. The van der Waals surface area contributed by atoms with Crippen LogP contribution in [-0.2, 0) is 4.74 Å². The molecule has 132 valence electrons. The molecule has 9 heteroatoms. The number of carbonyl (C=O) groups is 1. The Labute approximate surface area is 145 Å². The molecular formula is C16H21N7O2. The van der Waals surface area contributed by atoms with Crippen LogP contribution >= 0.6 is 0 Å². The number of ether oxygens (including phenoxy) is 1. The fourth-order valence-corrected chi connectivity index (χ4v) is 3.85. The normalized spacial score (nSPS) is 19.4. The predicted octanol–water partition coefficient (Wildman–Crippen LogP) is 2.45. The van der Waals surface area contributed by atoms with Gasteiger partial charge in [0.15, 0.2) is 11.6 Å². The van der Waals surface area contributed by atoms with Crippen molar-refractivity contribution in [3.05, 3.63) is 18.3 Å². The van der Waals surface area contributed by atoms with E-state index in [1.165, 1.54) is 20.0 Å². The number of hydrogen-bond acceptors (Lipinski definition) is 7. The fraction of sp³-hybridized carbons (Fsp3) is 0.562. The molecule has 1 aliphatic heterocycles. The van der Waals surface area contributed by atoms with Crippen LogP contribution in [0.4, 0.5) is 16.6 Å². The van der Waals surface area contributed by atoms with Gasteiger partial charge in [0.2, 0.25) is 5.95 Å². The van der Waals surface area contributed by atoms with E-state index in [2.05, 4.69) is 42.0 Å². The van der Waals surface area contributed by atoms with Crippen LogP contribution < -0.4 is 10.2 Å². The van der Waals surface area contributed by atoms with Crippen molar-refractivity contribution in [2.75, 3.05) is 17.3 Å². The fourth-order valence-electron chi connectivity index (χ4n) is 3.85. The second-order valence-corrected chi connectivity index (χ2v) is 6.35. The molecule has 4 rings (SSSR count). The molecule has 0 aromatic carbocycles. The highest BCUT2D eigenvalue weighted by Crippen LogP contribution is 2.42. The zero-order valence-corrected chi connectivity index (χ0v) is 14.3. The molecule has 25 heavy (non-hydrogen) atoms. The second kappa shape index (κ2) is 6.30.